The highest BCUT2D eigenvalue weighted by Gasteiger charge is 2.16. The molecular formula is C22H23ClN4O2S. The second-order valence-corrected chi connectivity index (χ2v) is 8.41. The molecule has 2 aromatic carbocycles. The Kier molecular flexibility index (Phi) is 6.62. The topological polar surface area (TPSA) is 61.6 Å². The summed E-state index contributed by atoms with van der Waals surface area (Å²) in [5.74, 6) is 0.110. The first-order valence-corrected chi connectivity index (χ1v) is 11.1. The molecule has 0 atom stereocenters. The normalized spacial score (nSPS) is 14.8. The number of nitrogens with zero attached hydrogens (tertiary/aromatic N) is 3. The number of aromatic nitrogens is 1. The van der Waals surface area contributed by atoms with Crippen LogP contribution >= 0.6 is 23.4 Å². The first-order valence-electron chi connectivity index (χ1n) is 9.78. The largest absolute Gasteiger partial charge is 0.431 e. The Balaban J connectivity index is 1.27. The minimum absolute atomic E-state index is 0.105. The Labute approximate surface area is 184 Å². The number of halogens is 1. The standard InChI is InChI=1S/C22H23ClN4O2S/c1-2-9-26-10-12-27(13-11-26)18-6-4-17(5-7-18)24-21(28)15-30-22-25-19-14-16(23)3-8-20(19)29-22/h2-8,14H,1,9-13,15H2,(H,24,28). The fourth-order valence-corrected chi connectivity index (χ4v) is 4.20. The quantitative estimate of drug-likeness (QED) is 0.428. The molecule has 1 amide bonds. The van der Waals surface area contributed by atoms with Gasteiger partial charge in [0.2, 0.25) is 5.91 Å². The van der Waals surface area contributed by atoms with Crippen molar-refractivity contribution in [2.75, 3.05) is 48.7 Å². The fraction of sp³-hybridized carbons (Fsp3) is 0.273. The zero-order valence-corrected chi connectivity index (χ0v) is 18.1. The molecule has 0 bridgehead atoms. The summed E-state index contributed by atoms with van der Waals surface area (Å²) in [6.07, 6.45) is 1.95. The van der Waals surface area contributed by atoms with Crippen molar-refractivity contribution in [3.63, 3.8) is 0 Å². The number of benzene rings is 2. The molecule has 0 radical (unpaired) electrons. The predicted octanol–water partition coefficient (Wildman–Crippen LogP) is 4.52. The first-order chi connectivity index (χ1) is 14.6. The van der Waals surface area contributed by atoms with E-state index in [1.165, 1.54) is 17.4 Å². The Morgan fingerprint density at radius 3 is 2.70 bits per heavy atom. The molecule has 4 rings (SSSR count). The molecular weight excluding hydrogens is 420 g/mol. The lowest BCUT2D eigenvalue weighted by molar-refractivity contribution is -0.113. The summed E-state index contributed by atoms with van der Waals surface area (Å²) in [4.78, 5) is 21.4. The Bertz CT molecular complexity index is 1030. The fourth-order valence-electron chi connectivity index (χ4n) is 3.39. The molecule has 8 heteroatoms. The van der Waals surface area contributed by atoms with Crippen LogP contribution in [0.15, 0.2) is 64.8 Å². The first kappa shape index (κ1) is 20.8. The number of hydrogen-bond donors (Lipinski definition) is 1. The molecule has 0 spiro atoms. The lowest BCUT2D eigenvalue weighted by atomic mass is 10.2. The van der Waals surface area contributed by atoms with E-state index in [0.717, 1.165) is 38.4 Å². The van der Waals surface area contributed by atoms with E-state index in [2.05, 4.69) is 38.8 Å². The predicted molar refractivity (Wildman–Crippen MR) is 124 cm³/mol. The minimum Gasteiger partial charge on any atom is -0.431 e. The van der Waals surface area contributed by atoms with Crippen LogP contribution in [-0.4, -0.2) is 54.3 Å². The molecule has 0 saturated carbocycles. The number of hydrogen-bond acceptors (Lipinski definition) is 6. The SMILES string of the molecule is C=CCN1CCN(c2ccc(NC(=O)CSc3nc4cc(Cl)ccc4o3)cc2)CC1. The lowest BCUT2D eigenvalue weighted by Gasteiger charge is -2.35. The monoisotopic (exact) mass is 442 g/mol. The molecule has 30 heavy (non-hydrogen) atoms. The minimum atomic E-state index is -0.105. The van der Waals surface area contributed by atoms with Gasteiger partial charge in [-0.2, -0.15) is 0 Å². The average Bonchev–Trinajstić information content (AvgIpc) is 3.16. The lowest BCUT2D eigenvalue weighted by Crippen LogP contribution is -2.46. The van der Waals surface area contributed by atoms with Gasteiger partial charge in [0.25, 0.3) is 5.22 Å². The van der Waals surface area contributed by atoms with Crippen LogP contribution in [-0.2, 0) is 4.79 Å². The number of carbonyl (C=O) groups is 1. The molecule has 156 valence electrons. The Morgan fingerprint density at radius 2 is 1.97 bits per heavy atom. The number of carbonyl (C=O) groups excluding carboxylic acids is 1. The van der Waals surface area contributed by atoms with Crippen molar-refractivity contribution in [2.45, 2.75) is 5.22 Å². The highest BCUT2D eigenvalue weighted by molar-refractivity contribution is 7.99. The molecule has 1 N–H and O–H groups in total. The van der Waals surface area contributed by atoms with Gasteiger partial charge < -0.3 is 14.6 Å². The summed E-state index contributed by atoms with van der Waals surface area (Å²) in [5, 5.41) is 3.98. The van der Waals surface area contributed by atoms with E-state index in [1.807, 2.05) is 18.2 Å². The third-order valence-electron chi connectivity index (χ3n) is 4.93. The summed E-state index contributed by atoms with van der Waals surface area (Å²) in [7, 11) is 0. The number of rotatable bonds is 7. The van der Waals surface area contributed by atoms with Gasteiger partial charge in [-0.25, -0.2) is 4.98 Å². The number of piperazine rings is 1. The summed E-state index contributed by atoms with van der Waals surface area (Å²) in [6, 6.07) is 13.2. The van der Waals surface area contributed by atoms with Gasteiger partial charge in [0.15, 0.2) is 5.58 Å². The Morgan fingerprint density at radius 1 is 1.20 bits per heavy atom. The van der Waals surface area contributed by atoms with Crippen LogP contribution in [0.4, 0.5) is 11.4 Å². The van der Waals surface area contributed by atoms with E-state index < -0.39 is 0 Å². The van der Waals surface area contributed by atoms with Crippen LogP contribution in [0.1, 0.15) is 0 Å². The van der Waals surface area contributed by atoms with E-state index in [9.17, 15) is 4.79 Å². The van der Waals surface area contributed by atoms with Gasteiger partial charge >= 0.3 is 0 Å². The van der Waals surface area contributed by atoms with Gasteiger partial charge in [-0.05, 0) is 42.5 Å². The molecule has 1 aliphatic rings. The van der Waals surface area contributed by atoms with E-state index in [1.54, 1.807) is 18.2 Å². The van der Waals surface area contributed by atoms with E-state index >= 15 is 0 Å². The van der Waals surface area contributed by atoms with Crippen LogP contribution in [0.25, 0.3) is 11.1 Å². The zero-order valence-electron chi connectivity index (χ0n) is 16.5. The summed E-state index contributed by atoms with van der Waals surface area (Å²) in [5.41, 5.74) is 3.29. The number of anilines is 2. The molecule has 3 aromatic rings. The number of fused-ring (bicyclic) bond motifs is 1. The van der Waals surface area contributed by atoms with E-state index in [-0.39, 0.29) is 11.7 Å². The van der Waals surface area contributed by atoms with Crippen molar-refractivity contribution < 1.29 is 9.21 Å². The van der Waals surface area contributed by atoms with Crippen molar-refractivity contribution in [3.05, 3.63) is 60.1 Å². The van der Waals surface area contributed by atoms with Gasteiger partial charge in [-0.1, -0.05) is 29.4 Å². The molecule has 1 fully saturated rings. The molecule has 1 aliphatic heterocycles. The van der Waals surface area contributed by atoms with Crippen LogP contribution in [0, 0.1) is 0 Å². The third-order valence-corrected chi connectivity index (χ3v) is 6.00. The third kappa shape index (κ3) is 5.16. The number of amides is 1. The van der Waals surface area contributed by atoms with Crippen molar-refractivity contribution in [1.82, 2.24) is 9.88 Å². The van der Waals surface area contributed by atoms with Crippen molar-refractivity contribution >= 4 is 51.7 Å². The Hall–Kier alpha value is -2.48. The number of oxazole rings is 1. The summed E-state index contributed by atoms with van der Waals surface area (Å²) < 4.78 is 5.63. The number of nitrogens with one attached hydrogen (secondary N) is 1. The molecule has 0 unspecified atom stereocenters. The number of thioether (sulfide) groups is 1. The maximum Gasteiger partial charge on any atom is 0.257 e. The van der Waals surface area contributed by atoms with Crippen LogP contribution in [0.3, 0.4) is 0 Å². The zero-order chi connectivity index (χ0) is 20.9. The van der Waals surface area contributed by atoms with Gasteiger partial charge in [0, 0.05) is 49.1 Å². The van der Waals surface area contributed by atoms with Gasteiger partial charge in [0.05, 0.1) is 5.75 Å². The van der Waals surface area contributed by atoms with Gasteiger partial charge in [-0.3, -0.25) is 9.69 Å². The van der Waals surface area contributed by atoms with E-state index in [0.29, 0.717) is 21.3 Å². The summed E-state index contributed by atoms with van der Waals surface area (Å²) >= 11 is 7.22. The van der Waals surface area contributed by atoms with Crippen molar-refractivity contribution in [1.29, 1.82) is 0 Å². The van der Waals surface area contributed by atoms with Crippen LogP contribution in [0.5, 0.6) is 0 Å². The van der Waals surface area contributed by atoms with Crippen molar-refractivity contribution in [3.8, 4) is 0 Å². The second kappa shape index (κ2) is 9.55. The van der Waals surface area contributed by atoms with Crippen LogP contribution in [0.2, 0.25) is 5.02 Å². The highest BCUT2D eigenvalue weighted by atomic mass is 35.5. The maximum absolute atomic E-state index is 12.3. The van der Waals surface area contributed by atoms with Crippen LogP contribution < -0.4 is 10.2 Å². The van der Waals surface area contributed by atoms with E-state index in [4.69, 9.17) is 16.0 Å². The second-order valence-electron chi connectivity index (χ2n) is 7.05. The smallest absolute Gasteiger partial charge is 0.257 e. The molecule has 2 heterocycles. The maximum atomic E-state index is 12.3. The molecule has 1 aromatic heterocycles. The molecule has 1 saturated heterocycles. The molecule has 0 aliphatic carbocycles. The van der Waals surface area contributed by atoms with Gasteiger partial charge in [0.1, 0.15) is 5.52 Å². The average molecular weight is 443 g/mol. The molecule has 6 nitrogen and oxygen atoms in total. The van der Waals surface area contributed by atoms with Crippen molar-refractivity contribution in [2.24, 2.45) is 0 Å². The highest BCUT2D eigenvalue weighted by Crippen LogP contribution is 2.26. The summed E-state index contributed by atoms with van der Waals surface area (Å²) in [6.45, 7) is 8.79. The van der Waals surface area contributed by atoms with Gasteiger partial charge in [-0.15, -0.1) is 6.58 Å².